The highest BCUT2D eigenvalue weighted by atomic mass is 16.5. The van der Waals surface area contributed by atoms with E-state index in [1.807, 2.05) is 20.8 Å². The molecule has 1 amide bonds. The third-order valence-corrected chi connectivity index (χ3v) is 2.86. The average Bonchev–Trinajstić information content (AvgIpc) is 2.98. The summed E-state index contributed by atoms with van der Waals surface area (Å²) in [4.78, 5) is 11.1. The Labute approximate surface area is 140 Å². The van der Waals surface area contributed by atoms with E-state index < -0.39 is 0 Å². The summed E-state index contributed by atoms with van der Waals surface area (Å²) in [5.41, 5.74) is 0.606. The number of amides is 1. The minimum Gasteiger partial charge on any atom is -0.490 e. The summed E-state index contributed by atoms with van der Waals surface area (Å²) in [6.45, 7) is 8.42. The molecule has 0 aliphatic carbocycles. The van der Waals surface area contributed by atoms with E-state index in [0.29, 0.717) is 42.6 Å². The summed E-state index contributed by atoms with van der Waals surface area (Å²) in [5.74, 6) is 1.54. The first kappa shape index (κ1) is 17.6. The van der Waals surface area contributed by atoms with E-state index in [2.05, 4.69) is 15.5 Å². The molecule has 8 nitrogen and oxygen atoms in total. The minimum atomic E-state index is -0.290. The number of carbonyl (C=O) groups excluding carboxylic acids is 1. The SMILES string of the molecule is CCOc1cc(-c2nnc(NC(C)=O)o2)cc(OCC)c1OCC. The maximum atomic E-state index is 11.1. The second kappa shape index (κ2) is 8.19. The molecule has 0 fully saturated rings. The zero-order valence-corrected chi connectivity index (χ0v) is 14.2. The van der Waals surface area contributed by atoms with Crippen molar-refractivity contribution in [2.75, 3.05) is 25.1 Å². The van der Waals surface area contributed by atoms with Crippen molar-refractivity contribution in [3.63, 3.8) is 0 Å². The summed E-state index contributed by atoms with van der Waals surface area (Å²) in [5, 5.41) is 10.2. The number of benzene rings is 1. The molecule has 0 saturated carbocycles. The van der Waals surface area contributed by atoms with Crippen LogP contribution in [-0.4, -0.2) is 35.9 Å². The quantitative estimate of drug-likeness (QED) is 0.792. The molecule has 1 heterocycles. The van der Waals surface area contributed by atoms with Gasteiger partial charge < -0.3 is 18.6 Å². The number of anilines is 1. The number of nitrogens with one attached hydrogen (secondary N) is 1. The Hall–Kier alpha value is -2.77. The first-order chi connectivity index (χ1) is 11.6. The topological polar surface area (TPSA) is 95.7 Å². The van der Waals surface area contributed by atoms with Crippen LogP contribution in [0.3, 0.4) is 0 Å². The second-order valence-corrected chi connectivity index (χ2v) is 4.69. The Morgan fingerprint density at radius 3 is 2.12 bits per heavy atom. The van der Waals surface area contributed by atoms with Crippen LogP contribution in [0.5, 0.6) is 17.2 Å². The third-order valence-electron chi connectivity index (χ3n) is 2.86. The summed E-state index contributed by atoms with van der Waals surface area (Å²) >= 11 is 0. The van der Waals surface area contributed by atoms with Crippen molar-refractivity contribution in [1.29, 1.82) is 0 Å². The molecule has 0 unspecified atom stereocenters. The smallest absolute Gasteiger partial charge is 0.322 e. The number of hydrogen-bond acceptors (Lipinski definition) is 7. The summed E-state index contributed by atoms with van der Waals surface area (Å²) in [6.07, 6.45) is 0. The number of hydrogen-bond donors (Lipinski definition) is 1. The van der Waals surface area contributed by atoms with Gasteiger partial charge in [0.2, 0.25) is 17.5 Å². The molecule has 0 aliphatic heterocycles. The lowest BCUT2D eigenvalue weighted by molar-refractivity contribution is -0.114. The van der Waals surface area contributed by atoms with Crippen LogP contribution in [0.1, 0.15) is 27.7 Å². The van der Waals surface area contributed by atoms with Crippen LogP contribution in [0.25, 0.3) is 11.5 Å². The first-order valence-electron chi connectivity index (χ1n) is 7.76. The number of carbonyl (C=O) groups is 1. The Morgan fingerprint density at radius 1 is 1.04 bits per heavy atom. The van der Waals surface area contributed by atoms with Crippen molar-refractivity contribution >= 4 is 11.9 Å². The largest absolute Gasteiger partial charge is 0.490 e. The standard InChI is InChI=1S/C16H21N3O5/c1-5-21-12-8-11(9-13(22-6-2)14(12)23-7-3)15-18-19-16(24-15)17-10(4)20/h8-9H,5-7H2,1-4H3,(H,17,19,20). The van der Waals surface area contributed by atoms with E-state index in [1.54, 1.807) is 12.1 Å². The van der Waals surface area contributed by atoms with E-state index in [0.717, 1.165) is 0 Å². The number of ether oxygens (including phenoxy) is 3. The van der Waals surface area contributed by atoms with Crippen molar-refractivity contribution in [3.05, 3.63) is 12.1 Å². The normalized spacial score (nSPS) is 10.3. The Morgan fingerprint density at radius 2 is 1.62 bits per heavy atom. The molecular weight excluding hydrogens is 314 g/mol. The highest BCUT2D eigenvalue weighted by Gasteiger charge is 2.19. The molecule has 0 radical (unpaired) electrons. The predicted molar refractivity (Wildman–Crippen MR) is 87.5 cm³/mol. The predicted octanol–water partition coefficient (Wildman–Crippen LogP) is 2.89. The van der Waals surface area contributed by atoms with Crippen molar-refractivity contribution in [3.8, 4) is 28.7 Å². The molecular formula is C16H21N3O5. The zero-order valence-electron chi connectivity index (χ0n) is 14.2. The molecule has 1 aromatic heterocycles. The lowest BCUT2D eigenvalue weighted by Crippen LogP contribution is -2.05. The van der Waals surface area contributed by atoms with Gasteiger partial charge in [-0.15, -0.1) is 5.10 Å². The fourth-order valence-electron chi connectivity index (χ4n) is 2.05. The lowest BCUT2D eigenvalue weighted by Gasteiger charge is -2.16. The molecule has 1 aromatic carbocycles. The van der Waals surface area contributed by atoms with Crippen molar-refractivity contribution in [1.82, 2.24) is 10.2 Å². The molecule has 24 heavy (non-hydrogen) atoms. The maximum Gasteiger partial charge on any atom is 0.322 e. The number of rotatable bonds is 8. The van der Waals surface area contributed by atoms with Gasteiger partial charge in [0.05, 0.1) is 19.8 Å². The fraction of sp³-hybridized carbons (Fsp3) is 0.438. The van der Waals surface area contributed by atoms with Gasteiger partial charge in [-0.05, 0) is 32.9 Å². The molecule has 2 aromatic rings. The van der Waals surface area contributed by atoms with E-state index in [1.165, 1.54) is 6.92 Å². The second-order valence-electron chi connectivity index (χ2n) is 4.69. The monoisotopic (exact) mass is 335 g/mol. The van der Waals surface area contributed by atoms with Crippen LogP contribution in [0.15, 0.2) is 16.5 Å². The highest BCUT2D eigenvalue weighted by Crippen LogP contribution is 2.41. The molecule has 0 spiro atoms. The summed E-state index contributed by atoms with van der Waals surface area (Å²) in [6, 6.07) is 3.51. The number of aromatic nitrogens is 2. The van der Waals surface area contributed by atoms with E-state index in [9.17, 15) is 4.79 Å². The fourth-order valence-corrected chi connectivity index (χ4v) is 2.05. The van der Waals surface area contributed by atoms with Gasteiger partial charge >= 0.3 is 6.01 Å². The van der Waals surface area contributed by atoms with Gasteiger partial charge in [-0.1, -0.05) is 5.10 Å². The summed E-state index contributed by atoms with van der Waals surface area (Å²) < 4.78 is 22.4. The molecule has 2 rings (SSSR count). The van der Waals surface area contributed by atoms with Crippen LogP contribution in [0.4, 0.5) is 6.01 Å². The molecule has 0 atom stereocenters. The molecule has 0 aliphatic rings. The Bertz CT molecular complexity index is 672. The van der Waals surface area contributed by atoms with Crippen molar-refractivity contribution in [2.45, 2.75) is 27.7 Å². The van der Waals surface area contributed by atoms with Gasteiger partial charge in [-0.25, -0.2) is 0 Å². The molecule has 0 bridgehead atoms. The first-order valence-corrected chi connectivity index (χ1v) is 7.76. The highest BCUT2D eigenvalue weighted by molar-refractivity contribution is 5.86. The van der Waals surface area contributed by atoms with Crippen LogP contribution >= 0.6 is 0 Å². The van der Waals surface area contributed by atoms with Crippen molar-refractivity contribution < 1.29 is 23.4 Å². The van der Waals surface area contributed by atoms with Gasteiger partial charge in [0, 0.05) is 12.5 Å². The van der Waals surface area contributed by atoms with Gasteiger partial charge in [0.1, 0.15) is 0 Å². The molecule has 0 saturated heterocycles. The zero-order chi connectivity index (χ0) is 17.5. The lowest BCUT2D eigenvalue weighted by atomic mass is 10.2. The van der Waals surface area contributed by atoms with E-state index in [4.69, 9.17) is 18.6 Å². The molecule has 1 N–H and O–H groups in total. The van der Waals surface area contributed by atoms with E-state index >= 15 is 0 Å². The van der Waals surface area contributed by atoms with Gasteiger partial charge in [0.25, 0.3) is 0 Å². The third kappa shape index (κ3) is 4.15. The van der Waals surface area contributed by atoms with Crippen molar-refractivity contribution in [2.24, 2.45) is 0 Å². The minimum absolute atomic E-state index is 0.0299. The maximum absolute atomic E-state index is 11.1. The van der Waals surface area contributed by atoms with E-state index in [-0.39, 0.29) is 17.8 Å². The average molecular weight is 335 g/mol. The molecule has 8 heteroatoms. The molecule has 130 valence electrons. The van der Waals surface area contributed by atoms with Gasteiger partial charge in [-0.3, -0.25) is 10.1 Å². The Kier molecular flexibility index (Phi) is 6.00. The van der Waals surface area contributed by atoms with Crippen LogP contribution in [0.2, 0.25) is 0 Å². The number of nitrogens with zero attached hydrogens (tertiary/aromatic N) is 2. The van der Waals surface area contributed by atoms with Crippen LogP contribution < -0.4 is 19.5 Å². The van der Waals surface area contributed by atoms with Gasteiger partial charge in [0.15, 0.2) is 11.5 Å². The van der Waals surface area contributed by atoms with Crippen LogP contribution in [-0.2, 0) is 4.79 Å². The Balaban J connectivity index is 2.45. The van der Waals surface area contributed by atoms with Gasteiger partial charge in [-0.2, -0.15) is 0 Å². The summed E-state index contributed by atoms with van der Waals surface area (Å²) in [7, 11) is 0. The van der Waals surface area contributed by atoms with Crippen LogP contribution in [0, 0.1) is 0 Å².